The van der Waals surface area contributed by atoms with Crippen molar-refractivity contribution in [1.82, 2.24) is 30.4 Å². The van der Waals surface area contributed by atoms with Crippen molar-refractivity contribution < 1.29 is 9.18 Å². The van der Waals surface area contributed by atoms with Gasteiger partial charge in [0.05, 0.1) is 11.3 Å². The third-order valence-electron chi connectivity index (χ3n) is 3.59. The van der Waals surface area contributed by atoms with Crippen LogP contribution >= 0.6 is 0 Å². The number of aromatic nitrogens is 6. The zero-order valence-corrected chi connectivity index (χ0v) is 12.1. The zero-order valence-electron chi connectivity index (χ0n) is 12.1. The lowest BCUT2D eigenvalue weighted by Gasteiger charge is -2.02. The molecule has 0 bridgehead atoms. The molecule has 0 aliphatic heterocycles. The van der Waals surface area contributed by atoms with Gasteiger partial charge in [0.25, 0.3) is 5.91 Å². The van der Waals surface area contributed by atoms with E-state index >= 15 is 0 Å². The van der Waals surface area contributed by atoms with E-state index in [1.54, 1.807) is 10.9 Å². The Bertz CT molecular complexity index is 1040. The lowest BCUT2D eigenvalue weighted by molar-refractivity contribution is 0.100. The lowest BCUT2D eigenvalue weighted by Crippen LogP contribution is -2.12. The van der Waals surface area contributed by atoms with Crippen molar-refractivity contribution in [2.24, 2.45) is 5.73 Å². The average molecular weight is 323 g/mol. The van der Waals surface area contributed by atoms with E-state index in [1.165, 1.54) is 6.07 Å². The first kappa shape index (κ1) is 14.0. The highest BCUT2D eigenvalue weighted by Crippen LogP contribution is 2.22. The number of nitrogens with two attached hydrogens (primary N) is 1. The molecule has 0 aliphatic rings. The number of rotatable bonds is 3. The molecule has 3 N–H and O–H groups in total. The van der Waals surface area contributed by atoms with Crippen LogP contribution in [0.5, 0.6) is 0 Å². The van der Waals surface area contributed by atoms with Crippen molar-refractivity contribution >= 4 is 16.8 Å². The van der Waals surface area contributed by atoms with Gasteiger partial charge in [-0.2, -0.15) is 5.10 Å². The molecule has 4 rings (SSSR count). The Kier molecular flexibility index (Phi) is 3.05. The second kappa shape index (κ2) is 5.23. The molecular weight excluding hydrogens is 313 g/mol. The van der Waals surface area contributed by atoms with Crippen LogP contribution in [0.15, 0.2) is 42.6 Å². The summed E-state index contributed by atoms with van der Waals surface area (Å²) in [6, 6.07) is 9.65. The summed E-state index contributed by atoms with van der Waals surface area (Å²) in [7, 11) is 0. The van der Waals surface area contributed by atoms with Crippen LogP contribution in [-0.2, 0) is 0 Å². The fourth-order valence-corrected chi connectivity index (χ4v) is 2.47. The van der Waals surface area contributed by atoms with Crippen molar-refractivity contribution in [2.45, 2.75) is 0 Å². The van der Waals surface area contributed by atoms with Gasteiger partial charge in [0.2, 0.25) is 0 Å². The Morgan fingerprint density at radius 3 is 2.67 bits per heavy atom. The van der Waals surface area contributed by atoms with E-state index < -0.39 is 11.7 Å². The summed E-state index contributed by atoms with van der Waals surface area (Å²) < 4.78 is 15.2. The number of carbonyl (C=O) groups is 1. The minimum absolute atomic E-state index is 0.0492. The lowest BCUT2D eigenvalue weighted by atomic mass is 10.1. The maximum atomic E-state index is 13.6. The molecule has 0 saturated heterocycles. The number of nitrogens with zero attached hydrogens (tertiary/aromatic N) is 5. The maximum absolute atomic E-state index is 13.6. The summed E-state index contributed by atoms with van der Waals surface area (Å²) in [6.07, 6.45) is 1.63. The summed E-state index contributed by atoms with van der Waals surface area (Å²) in [5.41, 5.74) is 7.24. The van der Waals surface area contributed by atoms with E-state index in [4.69, 9.17) is 5.73 Å². The molecule has 0 atom stereocenters. The first-order valence-corrected chi connectivity index (χ1v) is 6.95. The molecule has 4 aromatic rings. The quantitative estimate of drug-likeness (QED) is 0.592. The Balaban J connectivity index is 1.79. The van der Waals surface area contributed by atoms with Crippen LogP contribution < -0.4 is 5.73 Å². The molecule has 8 nitrogen and oxygen atoms in total. The fraction of sp³-hybridized carbons (Fsp3) is 0. The summed E-state index contributed by atoms with van der Waals surface area (Å²) >= 11 is 0. The number of nitrogens with one attached hydrogen (secondary N) is 1. The highest BCUT2D eigenvalue weighted by molar-refractivity contribution is 6.04. The molecule has 0 unspecified atom stereocenters. The van der Waals surface area contributed by atoms with E-state index in [-0.39, 0.29) is 5.56 Å². The number of amides is 1. The number of aromatic amines is 1. The third-order valence-corrected chi connectivity index (χ3v) is 3.59. The third kappa shape index (κ3) is 2.28. The van der Waals surface area contributed by atoms with Gasteiger partial charge in [-0.25, -0.2) is 14.2 Å². The van der Waals surface area contributed by atoms with Crippen LogP contribution in [0, 0.1) is 5.82 Å². The summed E-state index contributed by atoms with van der Waals surface area (Å²) in [5, 5.41) is 18.4. The van der Waals surface area contributed by atoms with E-state index in [9.17, 15) is 9.18 Å². The molecule has 118 valence electrons. The highest BCUT2D eigenvalue weighted by atomic mass is 19.1. The molecule has 2 aromatic carbocycles. The van der Waals surface area contributed by atoms with Crippen molar-refractivity contribution in [3.05, 3.63) is 54.0 Å². The smallest absolute Gasteiger partial charge is 0.251 e. The van der Waals surface area contributed by atoms with Gasteiger partial charge in [0.1, 0.15) is 11.3 Å². The summed E-state index contributed by atoms with van der Waals surface area (Å²) in [4.78, 5) is 11.5. The van der Waals surface area contributed by atoms with E-state index in [0.29, 0.717) is 16.7 Å². The monoisotopic (exact) mass is 323 g/mol. The minimum Gasteiger partial charge on any atom is -0.366 e. The Labute approximate surface area is 134 Å². The number of halogens is 1. The maximum Gasteiger partial charge on any atom is 0.251 e. The Hall–Kier alpha value is -3.62. The van der Waals surface area contributed by atoms with Crippen molar-refractivity contribution in [1.29, 1.82) is 0 Å². The van der Waals surface area contributed by atoms with Crippen molar-refractivity contribution in [3.8, 4) is 17.1 Å². The number of hydrogen-bond acceptors (Lipinski definition) is 5. The molecule has 1 amide bonds. The molecule has 0 radical (unpaired) electrons. The molecule has 2 heterocycles. The highest BCUT2D eigenvalue weighted by Gasteiger charge is 2.13. The van der Waals surface area contributed by atoms with Crippen LogP contribution in [0.3, 0.4) is 0 Å². The second-order valence-corrected chi connectivity index (χ2v) is 5.13. The van der Waals surface area contributed by atoms with Gasteiger partial charge in [0, 0.05) is 17.1 Å². The van der Waals surface area contributed by atoms with Crippen LogP contribution in [0.4, 0.5) is 4.39 Å². The standard InChI is InChI=1S/C15H10FN7O/c16-10-5-9-7-23(20-13(9)12(6-10)14(17)24)11-3-1-8(2-4-11)15-18-21-22-19-15/h1-7H,(H2,17,24)(H,18,19,21,22). The van der Waals surface area contributed by atoms with Gasteiger partial charge >= 0.3 is 0 Å². The molecule has 2 aromatic heterocycles. The van der Waals surface area contributed by atoms with Gasteiger partial charge in [-0.3, -0.25) is 4.79 Å². The number of benzene rings is 2. The van der Waals surface area contributed by atoms with Crippen LogP contribution in [0.2, 0.25) is 0 Å². The predicted molar refractivity (Wildman–Crippen MR) is 82.7 cm³/mol. The van der Waals surface area contributed by atoms with Crippen LogP contribution in [0.25, 0.3) is 28.0 Å². The van der Waals surface area contributed by atoms with Crippen LogP contribution in [0.1, 0.15) is 10.4 Å². The molecule has 0 fully saturated rings. The Morgan fingerprint density at radius 2 is 2.00 bits per heavy atom. The van der Waals surface area contributed by atoms with Gasteiger partial charge in [-0.1, -0.05) is 0 Å². The SMILES string of the molecule is NC(=O)c1cc(F)cc2cn(-c3ccc(-c4nnn[nH]4)cc3)nc12. The average Bonchev–Trinajstić information content (AvgIpc) is 3.23. The van der Waals surface area contributed by atoms with Crippen molar-refractivity contribution in [3.63, 3.8) is 0 Å². The van der Waals surface area contributed by atoms with Crippen molar-refractivity contribution in [2.75, 3.05) is 0 Å². The van der Waals surface area contributed by atoms with Gasteiger partial charge in [-0.05, 0) is 46.8 Å². The summed E-state index contributed by atoms with van der Waals surface area (Å²) in [6.45, 7) is 0. The molecule has 0 spiro atoms. The first-order chi connectivity index (χ1) is 11.6. The predicted octanol–water partition coefficient (Wildman–Crippen LogP) is 1.44. The largest absolute Gasteiger partial charge is 0.366 e. The van der Waals surface area contributed by atoms with E-state index in [1.807, 2.05) is 24.3 Å². The Morgan fingerprint density at radius 1 is 1.21 bits per heavy atom. The van der Waals surface area contributed by atoms with E-state index in [0.717, 1.165) is 17.3 Å². The van der Waals surface area contributed by atoms with Crippen LogP contribution in [-0.4, -0.2) is 36.3 Å². The second-order valence-electron chi connectivity index (χ2n) is 5.13. The normalized spacial score (nSPS) is 11.0. The number of hydrogen-bond donors (Lipinski definition) is 2. The topological polar surface area (TPSA) is 115 Å². The number of carbonyl (C=O) groups excluding carboxylic acids is 1. The fourth-order valence-electron chi connectivity index (χ4n) is 2.47. The number of primary amides is 1. The number of tetrazole rings is 1. The molecular formula is C15H10FN7O. The van der Waals surface area contributed by atoms with E-state index in [2.05, 4.69) is 25.7 Å². The molecule has 24 heavy (non-hydrogen) atoms. The molecule has 9 heteroatoms. The van der Waals surface area contributed by atoms with Gasteiger partial charge in [-0.15, -0.1) is 5.10 Å². The molecule has 0 aliphatic carbocycles. The first-order valence-electron chi connectivity index (χ1n) is 6.95. The number of H-pyrrole nitrogens is 1. The molecule has 0 saturated carbocycles. The number of fused-ring (bicyclic) bond motifs is 1. The zero-order chi connectivity index (χ0) is 16.7. The van der Waals surface area contributed by atoms with Gasteiger partial charge in [0.15, 0.2) is 5.82 Å². The van der Waals surface area contributed by atoms with Gasteiger partial charge < -0.3 is 5.73 Å². The summed E-state index contributed by atoms with van der Waals surface area (Å²) in [5.74, 6) is -0.716. The minimum atomic E-state index is -0.724.